The van der Waals surface area contributed by atoms with Crippen LogP contribution in [0.25, 0.3) is 16.7 Å². The zero-order valence-corrected chi connectivity index (χ0v) is 14.2. The molecule has 0 spiro atoms. The number of carbonyl (C=O) groups excluding carboxylic acids is 1. The fourth-order valence-electron chi connectivity index (χ4n) is 2.74. The van der Waals surface area contributed by atoms with Crippen molar-refractivity contribution in [3.63, 3.8) is 0 Å². The van der Waals surface area contributed by atoms with E-state index in [-0.39, 0.29) is 17.1 Å². The summed E-state index contributed by atoms with van der Waals surface area (Å²) >= 11 is 1.31. The van der Waals surface area contributed by atoms with E-state index < -0.39 is 0 Å². The summed E-state index contributed by atoms with van der Waals surface area (Å²) in [5, 5.41) is 9.48. The van der Waals surface area contributed by atoms with Crippen LogP contribution < -0.4 is 5.56 Å². The average molecular weight is 350 g/mol. The first-order valence-corrected chi connectivity index (χ1v) is 8.69. The lowest BCUT2D eigenvalue weighted by molar-refractivity contribution is 0.102. The number of hydrogen-bond donors (Lipinski definition) is 0. The number of aromatic nitrogens is 4. The van der Waals surface area contributed by atoms with Crippen LogP contribution in [0.3, 0.4) is 0 Å². The van der Waals surface area contributed by atoms with Crippen LogP contribution in [0.1, 0.15) is 10.4 Å². The third-order valence-corrected chi connectivity index (χ3v) is 4.95. The van der Waals surface area contributed by atoms with Crippen LogP contribution in [0.2, 0.25) is 0 Å². The van der Waals surface area contributed by atoms with E-state index >= 15 is 0 Å². The summed E-state index contributed by atoms with van der Waals surface area (Å²) in [6, 6.07) is 16.5. The van der Waals surface area contributed by atoms with Gasteiger partial charge in [0.05, 0.1) is 16.7 Å². The molecule has 0 aliphatic carbocycles. The van der Waals surface area contributed by atoms with Crippen molar-refractivity contribution in [1.82, 2.24) is 19.2 Å². The highest BCUT2D eigenvalue weighted by atomic mass is 32.2. The molecule has 4 aromatic rings. The zero-order chi connectivity index (χ0) is 17.4. The van der Waals surface area contributed by atoms with Gasteiger partial charge in [0.1, 0.15) is 0 Å². The zero-order valence-electron chi connectivity index (χ0n) is 13.4. The third kappa shape index (κ3) is 2.62. The Morgan fingerprint density at radius 3 is 2.56 bits per heavy atom. The Morgan fingerprint density at radius 1 is 1.04 bits per heavy atom. The van der Waals surface area contributed by atoms with Gasteiger partial charge in [-0.1, -0.05) is 54.2 Å². The molecule has 0 saturated carbocycles. The van der Waals surface area contributed by atoms with Crippen LogP contribution in [0.4, 0.5) is 0 Å². The number of Topliss-reactive ketones (excluding diaryl/α,β-unsaturated/α-hetero) is 1. The molecule has 0 bridgehead atoms. The summed E-state index contributed by atoms with van der Waals surface area (Å²) in [6.07, 6.45) is 0. The highest BCUT2D eigenvalue weighted by Crippen LogP contribution is 2.22. The van der Waals surface area contributed by atoms with Crippen LogP contribution in [0, 0.1) is 0 Å². The van der Waals surface area contributed by atoms with E-state index in [1.54, 1.807) is 25.2 Å². The van der Waals surface area contributed by atoms with Gasteiger partial charge in [-0.3, -0.25) is 18.6 Å². The number of benzene rings is 2. The van der Waals surface area contributed by atoms with Gasteiger partial charge in [0, 0.05) is 12.6 Å². The molecular weight excluding hydrogens is 336 g/mol. The molecule has 25 heavy (non-hydrogen) atoms. The molecule has 7 heteroatoms. The smallest absolute Gasteiger partial charge is 0.262 e. The Labute approximate surface area is 147 Å². The van der Waals surface area contributed by atoms with E-state index in [0.717, 1.165) is 5.52 Å². The predicted molar refractivity (Wildman–Crippen MR) is 97.2 cm³/mol. The first-order valence-electron chi connectivity index (χ1n) is 7.71. The number of carbonyl (C=O) groups is 1. The molecule has 0 radical (unpaired) electrons. The Bertz CT molecular complexity index is 1150. The normalized spacial score (nSPS) is 11.2. The summed E-state index contributed by atoms with van der Waals surface area (Å²) in [5.41, 5.74) is 1.29. The van der Waals surface area contributed by atoms with Crippen molar-refractivity contribution in [2.45, 2.75) is 5.16 Å². The number of fused-ring (bicyclic) bond motifs is 3. The minimum absolute atomic E-state index is 0.0245. The molecule has 0 fully saturated rings. The Hall–Kier alpha value is -2.93. The molecule has 0 saturated heterocycles. The molecule has 0 aliphatic rings. The van der Waals surface area contributed by atoms with Gasteiger partial charge in [-0.05, 0) is 12.1 Å². The predicted octanol–water partition coefficient (Wildman–Crippen LogP) is 2.56. The van der Waals surface area contributed by atoms with E-state index in [2.05, 4.69) is 10.2 Å². The van der Waals surface area contributed by atoms with Crippen molar-refractivity contribution in [3.05, 3.63) is 70.5 Å². The molecule has 0 amide bonds. The van der Waals surface area contributed by atoms with E-state index in [9.17, 15) is 9.59 Å². The second-order valence-electron chi connectivity index (χ2n) is 5.58. The highest BCUT2D eigenvalue weighted by Gasteiger charge is 2.16. The summed E-state index contributed by atoms with van der Waals surface area (Å²) < 4.78 is 3.29. The van der Waals surface area contributed by atoms with Crippen molar-refractivity contribution in [3.8, 4) is 0 Å². The fraction of sp³-hybridized carbons (Fsp3) is 0.111. The minimum Gasteiger partial charge on any atom is -0.293 e. The second-order valence-corrected chi connectivity index (χ2v) is 6.52. The maximum atomic E-state index is 12.4. The average Bonchev–Trinajstić information content (AvgIpc) is 3.09. The molecule has 4 rings (SSSR count). The van der Waals surface area contributed by atoms with Crippen molar-refractivity contribution >= 4 is 34.2 Å². The van der Waals surface area contributed by atoms with Gasteiger partial charge in [-0.25, -0.2) is 0 Å². The third-order valence-electron chi connectivity index (χ3n) is 4.02. The SMILES string of the molecule is Cn1c(=O)c2ccccc2n2c(SCC(=O)c3ccccc3)nnc12. The van der Waals surface area contributed by atoms with Gasteiger partial charge in [-0.15, -0.1) is 10.2 Å². The first-order chi connectivity index (χ1) is 12.2. The quantitative estimate of drug-likeness (QED) is 0.418. The summed E-state index contributed by atoms with van der Waals surface area (Å²) in [6.45, 7) is 0. The summed E-state index contributed by atoms with van der Waals surface area (Å²) in [4.78, 5) is 24.8. The number of para-hydroxylation sites is 1. The van der Waals surface area contributed by atoms with Crippen LogP contribution in [0.15, 0.2) is 64.5 Å². The minimum atomic E-state index is -0.118. The Morgan fingerprint density at radius 2 is 1.76 bits per heavy atom. The summed E-state index contributed by atoms with van der Waals surface area (Å²) in [5.74, 6) is 0.733. The van der Waals surface area contributed by atoms with E-state index in [1.807, 2.05) is 40.8 Å². The monoisotopic (exact) mass is 350 g/mol. The van der Waals surface area contributed by atoms with Crippen LogP contribution >= 0.6 is 11.8 Å². The Kier molecular flexibility index (Phi) is 3.85. The van der Waals surface area contributed by atoms with Crippen molar-refractivity contribution in [2.75, 3.05) is 5.75 Å². The van der Waals surface area contributed by atoms with Gasteiger partial charge in [0.25, 0.3) is 5.56 Å². The first kappa shape index (κ1) is 15.6. The number of aryl methyl sites for hydroxylation is 1. The molecule has 0 atom stereocenters. The maximum Gasteiger partial charge on any atom is 0.262 e. The lowest BCUT2D eigenvalue weighted by Gasteiger charge is -2.07. The molecule has 0 aliphatic heterocycles. The standard InChI is InChI=1S/C18H14N4O2S/c1-21-16(24)13-9-5-6-10-14(13)22-17(21)19-20-18(22)25-11-15(23)12-7-3-2-4-8-12/h2-10H,11H2,1H3. The number of ketones is 1. The lowest BCUT2D eigenvalue weighted by Crippen LogP contribution is -2.20. The molecular formula is C18H14N4O2S. The molecule has 0 unspecified atom stereocenters. The largest absolute Gasteiger partial charge is 0.293 e. The molecule has 2 aromatic carbocycles. The van der Waals surface area contributed by atoms with E-state index in [0.29, 0.717) is 21.9 Å². The van der Waals surface area contributed by atoms with Crippen LogP contribution in [-0.2, 0) is 7.05 Å². The lowest BCUT2D eigenvalue weighted by atomic mass is 10.2. The highest BCUT2D eigenvalue weighted by molar-refractivity contribution is 7.99. The van der Waals surface area contributed by atoms with Gasteiger partial charge in [0.15, 0.2) is 10.9 Å². The molecule has 2 aromatic heterocycles. The van der Waals surface area contributed by atoms with Gasteiger partial charge < -0.3 is 0 Å². The number of nitrogens with zero attached hydrogens (tertiary/aromatic N) is 4. The topological polar surface area (TPSA) is 69.3 Å². The fourth-order valence-corrected chi connectivity index (χ4v) is 3.58. The van der Waals surface area contributed by atoms with Crippen molar-refractivity contribution in [1.29, 1.82) is 0 Å². The van der Waals surface area contributed by atoms with Gasteiger partial charge in [0.2, 0.25) is 5.78 Å². The number of hydrogen-bond acceptors (Lipinski definition) is 5. The molecule has 0 N–H and O–H groups in total. The maximum absolute atomic E-state index is 12.4. The second kappa shape index (κ2) is 6.18. The van der Waals surface area contributed by atoms with E-state index in [1.165, 1.54) is 16.3 Å². The van der Waals surface area contributed by atoms with E-state index in [4.69, 9.17) is 0 Å². The van der Waals surface area contributed by atoms with Gasteiger partial charge in [-0.2, -0.15) is 0 Å². The number of thioether (sulfide) groups is 1. The van der Waals surface area contributed by atoms with Crippen molar-refractivity contribution < 1.29 is 4.79 Å². The van der Waals surface area contributed by atoms with Gasteiger partial charge >= 0.3 is 0 Å². The van der Waals surface area contributed by atoms with Crippen LogP contribution in [-0.4, -0.2) is 30.7 Å². The molecule has 2 heterocycles. The number of rotatable bonds is 4. The molecule has 124 valence electrons. The molecule has 6 nitrogen and oxygen atoms in total. The van der Waals surface area contributed by atoms with Crippen LogP contribution in [0.5, 0.6) is 0 Å². The van der Waals surface area contributed by atoms with Crippen molar-refractivity contribution in [2.24, 2.45) is 7.05 Å². The Balaban J connectivity index is 1.76. The summed E-state index contributed by atoms with van der Waals surface area (Å²) in [7, 11) is 1.67.